The molecular formula is C18H17F3N4O6S. The molecule has 10 nitrogen and oxygen atoms in total. The summed E-state index contributed by atoms with van der Waals surface area (Å²) in [6.45, 7) is -0.391. The van der Waals surface area contributed by atoms with Gasteiger partial charge in [-0.3, -0.25) is 10.2 Å². The van der Waals surface area contributed by atoms with Crippen LogP contribution in [0.1, 0.15) is 15.9 Å². The van der Waals surface area contributed by atoms with Gasteiger partial charge in [0.05, 0.1) is 10.5 Å². The second-order valence-corrected chi connectivity index (χ2v) is 7.86. The van der Waals surface area contributed by atoms with Crippen molar-refractivity contribution in [1.29, 1.82) is 5.41 Å². The molecule has 0 fully saturated rings. The molecule has 1 amide bonds. The van der Waals surface area contributed by atoms with Gasteiger partial charge in [-0.15, -0.1) is 0 Å². The second-order valence-electron chi connectivity index (χ2n) is 6.10. The maximum absolute atomic E-state index is 12.5. The third-order valence-electron chi connectivity index (χ3n) is 3.77. The van der Waals surface area contributed by atoms with Crippen molar-refractivity contribution in [2.75, 3.05) is 13.2 Å². The van der Waals surface area contributed by atoms with Crippen LogP contribution in [0.15, 0.2) is 47.4 Å². The summed E-state index contributed by atoms with van der Waals surface area (Å²) in [7, 11) is -4.28. The van der Waals surface area contributed by atoms with Crippen LogP contribution in [0, 0.1) is 5.41 Å². The molecule has 32 heavy (non-hydrogen) atoms. The topological polar surface area (TPSA) is 175 Å². The molecule has 0 aliphatic rings. The Balaban J connectivity index is 2.11. The van der Waals surface area contributed by atoms with Gasteiger partial charge in [0.2, 0.25) is 10.0 Å². The quantitative estimate of drug-likeness (QED) is 0.137. The van der Waals surface area contributed by atoms with E-state index in [1.165, 1.54) is 6.07 Å². The molecule has 0 heterocycles. The molecule has 14 heteroatoms. The first-order valence-corrected chi connectivity index (χ1v) is 10.1. The number of halogens is 3. The van der Waals surface area contributed by atoms with Gasteiger partial charge in [0.25, 0.3) is 5.91 Å². The van der Waals surface area contributed by atoms with E-state index in [9.17, 15) is 31.2 Å². The standard InChI is InChI=1S/C18H17F3N4O6S/c19-18(20,21)17(27)31-14-9-12(4-5-13(14)16(24)26)32(28,29)25-6-7-30-11-3-1-2-10(8-11)15(22)23/h1-5,8-9,25H,6-7H2,(H3,22,23)(H2,24,26). The first-order chi connectivity index (χ1) is 14.8. The number of hydrogen-bond donors (Lipinski definition) is 4. The molecule has 0 radical (unpaired) electrons. The molecule has 2 rings (SSSR count). The van der Waals surface area contributed by atoms with Crippen LogP contribution < -0.4 is 25.7 Å². The molecule has 0 saturated heterocycles. The third-order valence-corrected chi connectivity index (χ3v) is 5.23. The zero-order valence-electron chi connectivity index (χ0n) is 16.1. The summed E-state index contributed by atoms with van der Waals surface area (Å²) >= 11 is 0. The van der Waals surface area contributed by atoms with E-state index in [1.54, 1.807) is 18.2 Å². The Labute approximate surface area is 179 Å². The Bertz CT molecular complexity index is 1150. The van der Waals surface area contributed by atoms with Gasteiger partial charge in [0, 0.05) is 18.2 Å². The normalized spacial score (nSPS) is 11.6. The van der Waals surface area contributed by atoms with Crippen LogP contribution in [-0.2, 0) is 14.8 Å². The highest BCUT2D eigenvalue weighted by Gasteiger charge is 2.42. The summed E-state index contributed by atoms with van der Waals surface area (Å²) in [5, 5.41) is 7.37. The number of nitrogens with two attached hydrogens (primary N) is 2. The van der Waals surface area contributed by atoms with Gasteiger partial charge < -0.3 is 20.9 Å². The predicted molar refractivity (Wildman–Crippen MR) is 105 cm³/mol. The number of alkyl halides is 3. The van der Waals surface area contributed by atoms with Gasteiger partial charge in [-0.2, -0.15) is 13.2 Å². The van der Waals surface area contributed by atoms with Crippen molar-refractivity contribution in [1.82, 2.24) is 4.72 Å². The van der Waals surface area contributed by atoms with Gasteiger partial charge in [-0.25, -0.2) is 17.9 Å². The fourth-order valence-corrected chi connectivity index (χ4v) is 3.33. The zero-order chi connectivity index (χ0) is 24.1. The number of benzene rings is 2. The lowest BCUT2D eigenvalue weighted by Crippen LogP contribution is -2.30. The lowest BCUT2D eigenvalue weighted by Gasteiger charge is -2.13. The number of nitrogens with one attached hydrogen (secondary N) is 2. The molecule has 0 spiro atoms. The monoisotopic (exact) mass is 474 g/mol. The molecule has 0 atom stereocenters. The number of rotatable bonds is 9. The molecular weight excluding hydrogens is 457 g/mol. The highest BCUT2D eigenvalue weighted by molar-refractivity contribution is 7.89. The number of sulfonamides is 1. The summed E-state index contributed by atoms with van der Waals surface area (Å²) < 4.78 is 73.8. The van der Waals surface area contributed by atoms with Crippen molar-refractivity contribution in [3.8, 4) is 11.5 Å². The average molecular weight is 474 g/mol. The zero-order valence-corrected chi connectivity index (χ0v) is 16.9. The van der Waals surface area contributed by atoms with Crippen molar-refractivity contribution < 1.29 is 40.7 Å². The molecule has 0 unspecified atom stereocenters. The van der Waals surface area contributed by atoms with Crippen molar-refractivity contribution in [2.45, 2.75) is 11.1 Å². The summed E-state index contributed by atoms with van der Waals surface area (Å²) in [6, 6.07) is 8.50. The fourth-order valence-electron chi connectivity index (χ4n) is 2.30. The van der Waals surface area contributed by atoms with Crippen molar-refractivity contribution in [2.24, 2.45) is 11.5 Å². The number of hydrogen-bond acceptors (Lipinski definition) is 7. The van der Waals surface area contributed by atoms with E-state index in [0.717, 1.165) is 12.1 Å². The Hall–Kier alpha value is -3.65. The number of primary amides is 1. The van der Waals surface area contributed by atoms with Gasteiger partial charge in [0.1, 0.15) is 23.9 Å². The number of esters is 1. The fraction of sp³-hybridized carbons (Fsp3) is 0.167. The van der Waals surface area contributed by atoms with Gasteiger partial charge in [-0.05, 0) is 24.3 Å². The van der Waals surface area contributed by atoms with E-state index >= 15 is 0 Å². The van der Waals surface area contributed by atoms with Gasteiger partial charge in [-0.1, -0.05) is 12.1 Å². The lowest BCUT2D eigenvalue weighted by molar-refractivity contribution is -0.189. The lowest BCUT2D eigenvalue weighted by atomic mass is 10.2. The molecule has 0 bridgehead atoms. The average Bonchev–Trinajstić information content (AvgIpc) is 2.70. The van der Waals surface area contributed by atoms with E-state index in [1.807, 2.05) is 0 Å². The third kappa shape index (κ3) is 6.42. The minimum Gasteiger partial charge on any atom is -0.492 e. The van der Waals surface area contributed by atoms with E-state index in [4.69, 9.17) is 21.6 Å². The molecule has 2 aromatic rings. The Morgan fingerprint density at radius 2 is 1.78 bits per heavy atom. The van der Waals surface area contributed by atoms with Crippen LogP contribution in [-0.4, -0.2) is 45.5 Å². The molecule has 0 aliphatic heterocycles. The smallest absolute Gasteiger partial charge is 0.491 e. The maximum atomic E-state index is 12.5. The Morgan fingerprint density at radius 1 is 1.09 bits per heavy atom. The second kappa shape index (κ2) is 9.65. The first kappa shape index (κ1) is 24.6. The molecule has 0 aliphatic carbocycles. The Kier molecular flexibility index (Phi) is 7.43. The minimum absolute atomic E-state index is 0.143. The Morgan fingerprint density at radius 3 is 2.38 bits per heavy atom. The van der Waals surface area contributed by atoms with Crippen LogP contribution in [0.4, 0.5) is 13.2 Å². The summed E-state index contributed by atoms with van der Waals surface area (Å²) in [6.07, 6.45) is -5.38. The van der Waals surface area contributed by atoms with E-state index in [-0.39, 0.29) is 19.0 Å². The number of nitrogen functional groups attached to an aromatic ring is 1. The molecule has 6 N–H and O–H groups in total. The van der Waals surface area contributed by atoms with E-state index in [0.29, 0.717) is 17.4 Å². The van der Waals surface area contributed by atoms with Crippen molar-refractivity contribution in [3.63, 3.8) is 0 Å². The van der Waals surface area contributed by atoms with Crippen LogP contribution in [0.25, 0.3) is 0 Å². The largest absolute Gasteiger partial charge is 0.492 e. The number of amides is 1. The summed E-state index contributed by atoms with van der Waals surface area (Å²) in [5.41, 5.74) is 10.2. The van der Waals surface area contributed by atoms with Crippen LogP contribution in [0.2, 0.25) is 0 Å². The molecule has 0 aromatic heterocycles. The highest BCUT2D eigenvalue weighted by atomic mass is 32.2. The number of carbonyl (C=O) groups is 2. The van der Waals surface area contributed by atoms with Gasteiger partial charge >= 0.3 is 12.1 Å². The summed E-state index contributed by atoms with van der Waals surface area (Å²) in [5.74, 6) is -4.70. The van der Waals surface area contributed by atoms with Gasteiger partial charge in [0.15, 0.2) is 0 Å². The van der Waals surface area contributed by atoms with E-state index in [2.05, 4.69) is 9.46 Å². The van der Waals surface area contributed by atoms with Crippen molar-refractivity contribution in [3.05, 3.63) is 53.6 Å². The predicted octanol–water partition coefficient (Wildman–Crippen LogP) is 0.895. The minimum atomic E-state index is -5.38. The highest BCUT2D eigenvalue weighted by Crippen LogP contribution is 2.26. The van der Waals surface area contributed by atoms with Crippen LogP contribution in [0.3, 0.4) is 0 Å². The number of carbonyl (C=O) groups excluding carboxylic acids is 2. The van der Waals surface area contributed by atoms with E-state index < -0.39 is 44.3 Å². The number of ether oxygens (including phenoxy) is 2. The number of amidine groups is 1. The SMILES string of the molecule is N=C(N)c1cccc(OCCNS(=O)(=O)c2ccc(C(N)=O)c(OC(=O)C(F)(F)F)c2)c1. The van der Waals surface area contributed by atoms with Crippen molar-refractivity contribution >= 4 is 27.7 Å². The summed E-state index contributed by atoms with van der Waals surface area (Å²) in [4.78, 5) is 21.9. The first-order valence-electron chi connectivity index (χ1n) is 8.61. The maximum Gasteiger partial charge on any atom is 0.491 e. The van der Waals surface area contributed by atoms with Crippen LogP contribution in [0.5, 0.6) is 11.5 Å². The molecule has 2 aromatic carbocycles. The molecule has 0 saturated carbocycles. The van der Waals surface area contributed by atoms with Crippen LogP contribution >= 0.6 is 0 Å². The molecule has 172 valence electrons.